The van der Waals surface area contributed by atoms with E-state index in [1.165, 1.54) is 83.5 Å². The van der Waals surface area contributed by atoms with Crippen LogP contribution in [0.25, 0.3) is 0 Å². The molecule has 10 heteroatoms. The molecule has 0 aliphatic heterocycles. The summed E-state index contributed by atoms with van der Waals surface area (Å²) in [5.41, 5.74) is 5.38. The zero-order chi connectivity index (χ0) is 53.1. The molecule has 0 spiro atoms. The van der Waals surface area contributed by atoms with E-state index < -0.39 is 32.5 Å². The molecule has 0 aliphatic carbocycles. The largest absolute Gasteiger partial charge is 0.472 e. The Morgan fingerprint density at radius 2 is 0.712 bits per heavy atom. The number of hydrogen-bond acceptors (Lipinski definition) is 8. The molecule has 0 amide bonds. The summed E-state index contributed by atoms with van der Waals surface area (Å²) >= 11 is 0. The third-order valence-electron chi connectivity index (χ3n) is 11.8. The van der Waals surface area contributed by atoms with Gasteiger partial charge in [-0.15, -0.1) is 0 Å². The highest BCUT2D eigenvalue weighted by Crippen LogP contribution is 2.43. The first kappa shape index (κ1) is 69.4. The van der Waals surface area contributed by atoms with Gasteiger partial charge < -0.3 is 20.1 Å². The number of esters is 2. The zero-order valence-electron chi connectivity index (χ0n) is 46.3. The lowest BCUT2D eigenvalue weighted by Crippen LogP contribution is -2.29. The first-order chi connectivity index (χ1) is 35.8. The monoisotopic (exact) mass is 1040 g/mol. The topological polar surface area (TPSA) is 134 Å². The normalized spacial score (nSPS) is 14.0. The minimum Gasteiger partial charge on any atom is -0.462 e. The van der Waals surface area contributed by atoms with Gasteiger partial charge in [-0.2, -0.15) is 0 Å². The highest BCUT2D eigenvalue weighted by atomic mass is 31.2. The van der Waals surface area contributed by atoms with Crippen LogP contribution in [0, 0.1) is 0 Å². The van der Waals surface area contributed by atoms with Gasteiger partial charge >= 0.3 is 19.8 Å². The van der Waals surface area contributed by atoms with Crippen molar-refractivity contribution in [3.8, 4) is 0 Å². The van der Waals surface area contributed by atoms with Crippen molar-refractivity contribution in [2.24, 2.45) is 5.73 Å². The molecule has 2 atom stereocenters. The van der Waals surface area contributed by atoms with Crippen molar-refractivity contribution in [3.05, 3.63) is 122 Å². The highest BCUT2D eigenvalue weighted by Gasteiger charge is 2.26. The van der Waals surface area contributed by atoms with Gasteiger partial charge in [0.1, 0.15) is 6.61 Å². The molecule has 0 saturated carbocycles. The quantitative estimate of drug-likeness (QED) is 0.0264. The minimum absolute atomic E-state index is 0.0448. The summed E-state index contributed by atoms with van der Waals surface area (Å²) in [5, 5.41) is 0. The summed E-state index contributed by atoms with van der Waals surface area (Å²) in [6.45, 7) is 3.48. The van der Waals surface area contributed by atoms with Crippen molar-refractivity contribution < 1.29 is 37.6 Å². The van der Waals surface area contributed by atoms with E-state index in [4.69, 9.17) is 24.3 Å². The van der Waals surface area contributed by atoms with Crippen LogP contribution >= 0.6 is 7.82 Å². The fourth-order valence-electron chi connectivity index (χ4n) is 7.63. The maximum atomic E-state index is 12.7. The second-order valence-electron chi connectivity index (χ2n) is 18.7. The van der Waals surface area contributed by atoms with Crippen LogP contribution < -0.4 is 5.73 Å². The summed E-state index contributed by atoms with van der Waals surface area (Å²) < 4.78 is 33.0. The van der Waals surface area contributed by atoms with Crippen molar-refractivity contribution in [3.63, 3.8) is 0 Å². The van der Waals surface area contributed by atoms with E-state index in [-0.39, 0.29) is 32.6 Å². The first-order valence-corrected chi connectivity index (χ1v) is 30.5. The Morgan fingerprint density at radius 3 is 1.05 bits per heavy atom. The molecule has 0 heterocycles. The second kappa shape index (κ2) is 57.7. The number of rotatable bonds is 53. The molecular formula is C63H106NO8P. The van der Waals surface area contributed by atoms with Crippen LogP contribution in [0.4, 0.5) is 0 Å². The van der Waals surface area contributed by atoms with Crippen molar-refractivity contribution >= 4 is 19.8 Å². The van der Waals surface area contributed by atoms with Gasteiger partial charge in [0.15, 0.2) is 6.10 Å². The number of phosphoric acid groups is 1. The number of ether oxygens (including phenoxy) is 2. The minimum atomic E-state index is -4.40. The number of unbranched alkanes of at least 4 members (excludes halogenated alkanes) is 20. The van der Waals surface area contributed by atoms with Gasteiger partial charge in [0.05, 0.1) is 13.2 Å². The van der Waals surface area contributed by atoms with E-state index in [0.717, 1.165) is 109 Å². The van der Waals surface area contributed by atoms with Gasteiger partial charge in [-0.05, 0) is 103 Å². The van der Waals surface area contributed by atoms with Crippen LogP contribution in [-0.4, -0.2) is 49.3 Å². The fourth-order valence-corrected chi connectivity index (χ4v) is 8.40. The molecule has 0 saturated heterocycles. The van der Waals surface area contributed by atoms with Crippen molar-refractivity contribution in [2.45, 2.75) is 238 Å². The summed E-state index contributed by atoms with van der Waals surface area (Å²) in [6, 6.07) is 0. The molecule has 0 fully saturated rings. The molecule has 0 radical (unpaired) electrons. The van der Waals surface area contributed by atoms with E-state index in [1.807, 2.05) is 0 Å². The molecule has 2 unspecified atom stereocenters. The van der Waals surface area contributed by atoms with E-state index in [2.05, 4.69) is 135 Å². The lowest BCUT2D eigenvalue weighted by molar-refractivity contribution is -0.161. The SMILES string of the molecule is CC/C=C\C/C=C\C/C=C\C/C=C\C/C=C\C/C=C\CCCCCCCCCCCCCCCCCCC(=O)OC(COC(=O)CCCCCC/C=C\C/C=C\C/C=C\C/C=C\CC)COP(=O)(O)OCCN. The highest BCUT2D eigenvalue weighted by molar-refractivity contribution is 7.47. The molecule has 416 valence electrons. The van der Waals surface area contributed by atoms with Crippen molar-refractivity contribution in [1.29, 1.82) is 0 Å². The maximum absolute atomic E-state index is 12.7. The van der Waals surface area contributed by atoms with E-state index in [0.29, 0.717) is 12.8 Å². The number of nitrogens with two attached hydrogens (primary N) is 1. The summed E-state index contributed by atoms with van der Waals surface area (Å²) in [5.74, 6) is -0.859. The van der Waals surface area contributed by atoms with Gasteiger partial charge in [0.2, 0.25) is 0 Å². The Kier molecular flexibility index (Phi) is 54.8. The first-order valence-electron chi connectivity index (χ1n) is 29.0. The van der Waals surface area contributed by atoms with Crippen molar-refractivity contribution in [1.82, 2.24) is 0 Å². The molecule has 0 aliphatic rings. The average molecular weight is 1040 g/mol. The molecule has 0 aromatic rings. The molecule has 9 nitrogen and oxygen atoms in total. The summed E-state index contributed by atoms with van der Waals surface area (Å²) in [4.78, 5) is 35.1. The van der Waals surface area contributed by atoms with Crippen LogP contribution in [0.15, 0.2) is 122 Å². The Labute approximate surface area is 447 Å². The fraction of sp³-hybridized carbons (Fsp3) is 0.651. The van der Waals surface area contributed by atoms with Gasteiger partial charge in [0.25, 0.3) is 0 Å². The number of carbonyl (C=O) groups excluding carboxylic acids is 2. The Hall–Kier alpha value is -3.59. The number of hydrogen-bond donors (Lipinski definition) is 2. The standard InChI is InChI=1S/C63H106NO8P/c1-3-5-7-9-11-13-15-17-19-21-22-23-24-25-26-27-28-29-30-31-32-33-34-35-36-37-38-40-42-44-46-48-50-52-54-56-63(66)72-61(60-71-73(67,68)70-58-57-64)59-69-62(65)55-53-51-49-47-45-43-41-39-20-18-16-14-12-10-8-6-4-2/h5-8,11-14,17-20,22-23,25-26,28-29,41,43,61H,3-4,9-10,15-16,21,24,27,30-40,42,44-60,64H2,1-2H3,(H,67,68)/b7-5-,8-6-,13-11-,14-12-,19-17-,20-18-,23-22-,26-25-,29-28-,43-41-. The molecular weight excluding hydrogens is 930 g/mol. The van der Waals surface area contributed by atoms with Gasteiger partial charge in [0, 0.05) is 19.4 Å². The van der Waals surface area contributed by atoms with Crippen LogP contribution in [0.1, 0.15) is 232 Å². The number of phosphoric ester groups is 1. The number of allylic oxidation sites excluding steroid dienone is 20. The Balaban J connectivity index is 3.94. The number of carbonyl (C=O) groups is 2. The molecule has 0 aromatic carbocycles. The summed E-state index contributed by atoms with van der Waals surface area (Å²) in [7, 11) is -4.40. The van der Waals surface area contributed by atoms with Gasteiger partial charge in [-0.3, -0.25) is 18.6 Å². The van der Waals surface area contributed by atoms with E-state index in [9.17, 15) is 19.0 Å². The molecule has 3 N–H and O–H groups in total. The molecule has 0 bridgehead atoms. The second-order valence-corrected chi connectivity index (χ2v) is 20.2. The maximum Gasteiger partial charge on any atom is 0.472 e. The third kappa shape index (κ3) is 57.5. The molecule has 0 rings (SSSR count). The molecule has 73 heavy (non-hydrogen) atoms. The lowest BCUT2D eigenvalue weighted by atomic mass is 10.0. The van der Waals surface area contributed by atoms with Crippen LogP contribution in [0.3, 0.4) is 0 Å². The van der Waals surface area contributed by atoms with E-state index >= 15 is 0 Å². The van der Waals surface area contributed by atoms with Crippen molar-refractivity contribution in [2.75, 3.05) is 26.4 Å². The Bertz CT molecular complexity index is 1600. The van der Waals surface area contributed by atoms with E-state index in [1.54, 1.807) is 0 Å². The van der Waals surface area contributed by atoms with Gasteiger partial charge in [-0.1, -0.05) is 238 Å². The predicted molar refractivity (Wildman–Crippen MR) is 311 cm³/mol. The Morgan fingerprint density at radius 1 is 0.411 bits per heavy atom. The average Bonchev–Trinajstić information content (AvgIpc) is 3.38. The smallest absolute Gasteiger partial charge is 0.462 e. The van der Waals surface area contributed by atoms with Crippen LogP contribution in [0.5, 0.6) is 0 Å². The zero-order valence-corrected chi connectivity index (χ0v) is 47.2. The summed E-state index contributed by atoms with van der Waals surface area (Å²) in [6.07, 6.45) is 79.8. The molecule has 0 aromatic heterocycles. The predicted octanol–water partition coefficient (Wildman–Crippen LogP) is 18.4. The third-order valence-corrected chi connectivity index (χ3v) is 12.8. The van der Waals surface area contributed by atoms with Crippen LogP contribution in [0.2, 0.25) is 0 Å². The lowest BCUT2D eigenvalue weighted by Gasteiger charge is -2.19. The van der Waals surface area contributed by atoms with Crippen LogP contribution in [-0.2, 0) is 32.7 Å². The van der Waals surface area contributed by atoms with Gasteiger partial charge in [-0.25, -0.2) is 4.57 Å².